The summed E-state index contributed by atoms with van der Waals surface area (Å²) in [5, 5.41) is 4.84. The fourth-order valence-corrected chi connectivity index (χ4v) is 4.17. The van der Waals surface area contributed by atoms with Crippen LogP contribution in [-0.4, -0.2) is 74.8 Å². The topological polar surface area (TPSA) is 83.3 Å². The van der Waals surface area contributed by atoms with E-state index in [1.54, 1.807) is 11.0 Å². The molecule has 10 heteroatoms. The average Bonchev–Trinajstić information content (AvgIpc) is 3.28. The minimum atomic E-state index is 0.00153. The highest BCUT2D eigenvalue weighted by atomic mass is 35.5. The quantitative estimate of drug-likeness (QED) is 0.627. The highest BCUT2D eigenvalue weighted by molar-refractivity contribution is 6.33. The van der Waals surface area contributed by atoms with Gasteiger partial charge in [0.25, 0.3) is 0 Å². The Kier molecular flexibility index (Phi) is 4.96. The van der Waals surface area contributed by atoms with E-state index in [2.05, 4.69) is 29.9 Å². The van der Waals surface area contributed by atoms with Gasteiger partial charge in [-0.1, -0.05) is 23.7 Å². The van der Waals surface area contributed by atoms with E-state index in [0.717, 1.165) is 29.6 Å². The molecule has 0 bridgehead atoms. The maximum Gasteiger partial charge on any atom is 0.229 e. The Morgan fingerprint density at radius 2 is 1.73 bits per heavy atom. The largest absolute Gasteiger partial charge is 0.367 e. The first kappa shape index (κ1) is 18.8. The zero-order valence-corrected chi connectivity index (χ0v) is 17.1. The smallest absolute Gasteiger partial charge is 0.229 e. The number of aromatic nitrogens is 5. The number of nitrogens with zero attached hydrogens (tertiary/aromatic N) is 8. The molecule has 1 aromatic carbocycles. The second-order valence-electron chi connectivity index (χ2n) is 7.44. The summed E-state index contributed by atoms with van der Waals surface area (Å²) in [5.74, 6) is 1.67. The van der Waals surface area contributed by atoms with Crippen molar-refractivity contribution in [3.05, 3.63) is 54.3 Å². The van der Waals surface area contributed by atoms with Gasteiger partial charge in [0, 0.05) is 45.3 Å². The Balaban J connectivity index is 1.16. The van der Waals surface area contributed by atoms with Gasteiger partial charge in [-0.05, 0) is 12.1 Å². The summed E-state index contributed by atoms with van der Waals surface area (Å²) in [4.78, 5) is 31.7. The van der Waals surface area contributed by atoms with E-state index >= 15 is 0 Å². The number of benzene rings is 1. The zero-order chi connectivity index (χ0) is 20.5. The zero-order valence-electron chi connectivity index (χ0n) is 16.3. The van der Waals surface area contributed by atoms with Crippen molar-refractivity contribution in [2.75, 3.05) is 49.1 Å². The molecule has 3 aromatic rings. The predicted octanol–water partition coefficient (Wildman–Crippen LogP) is 1.50. The predicted molar refractivity (Wildman–Crippen MR) is 113 cm³/mol. The number of hydrogen-bond acceptors (Lipinski definition) is 7. The molecule has 30 heavy (non-hydrogen) atoms. The van der Waals surface area contributed by atoms with E-state index < -0.39 is 0 Å². The Morgan fingerprint density at radius 1 is 0.967 bits per heavy atom. The molecule has 0 N–H and O–H groups in total. The highest BCUT2D eigenvalue weighted by Crippen LogP contribution is 2.28. The molecule has 5 rings (SSSR count). The molecular formula is C20H21ClN8O. The Hall–Kier alpha value is -3.20. The maximum absolute atomic E-state index is 12.9. The van der Waals surface area contributed by atoms with Crippen LogP contribution in [0.1, 0.15) is 0 Å². The number of carbonyl (C=O) groups excluding carboxylic acids is 1. The molecule has 154 valence electrons. The number of rotatable bonds is 4. The van der Waals surface area contributed by atoms with E-state index in [-0.39, 0.29) is 11.8 Å². The normalized spacial score (nSPS) is 17.2. The lowest BCUT2D eigenvalue weighted by molar-refractivity contribution is -0.136. The van der Waals surface area contributed by atoms with Crippen molar-refractivity contribution in [1.29, 1.82) is 0 Å². The molecule has 0 saturated carbocycles. The van der Waals surface area contributed by atoms with Crippen LogP contribution in [0.2, 0.25) is 5.02 Å². The van der Waals surface area contributed by atoms with Gasteiger partial charge in [0.2, 0.25) is 5.91 Å². The van der Waals surface area contributed by atoms with Gasteiger partial charge < -0.3 is 14.7 Å². The molecule has 2 aliphatic rings. The van der Waals surface area contributed by atoms with Gasteiger partial charge in [0.05, 0.1) is 16.6 Å². The van der Waals surface area contributed by atoms with Crippen molar-refractivity contribution in [3.63, 3.8) is 0 Å². The van der Waals surface area contributed by atoms with E-state index in [9.17, 15) is 4.79 Å². The summed E-state index contributed by atoms with van der Waals surface area (Å²) in [6.45, 7) is 4.34. The molecule has 2 aliphatic heterocycles. The number of halogens is 1. The van der Waals surface area contributed by atoms with Gasteiger partial charge in [0.15, 0.2) is 5.82 Å². The summed E-state index contributed by atoms with van der Waals surface area (Å²) in [6, 6.07) is 9.71. The lowest BCUT2D eigenvalue weighted by Gasteiger charge is -2.43. The number of piperazine rings is 1. The monoisotopic (exact) mass is 424 g/mol. The third-order valence-electron chi connectivity index (χ3n) is 5.63. The average molecular weight is 425 g/mol. The van der Waals surface area contributed by atoms with Crippen molar-refractivity contribution < 1.29 is 4.79 Å². The van der Waals surface area contributed by atoms with Crippen molar-refractivity contribution >= 4 is 29.0 Å². The van der Waals surface area contributed by atoms with Crippen LogP contribution in [0.5, 0.6) is 0 Å². The molecule has 0 unspecified atom stereocenters. The maximum atomic E-state index is 12.9. The van der Waals surface area contributed by atoms with Crippen LogP contribution in [0.25, 0.3) is 5.82 Å². The molecule has 1 amide bonds. The van der Waals surface area contributed by atoms with Crippen LogP contribution in [0.15, 0.2) is 49.3 Å². The summed E-state index contributed by atoms with van der Waals surface area (Å²) in [6.07, 6.45) is 4.57. The van der Waals surface area contributed by atoms with E-state index in [0.29, 0.717) is 32.0 Å². The second-order valence-corrected chi connectivity index (χ2v) is 7.85. The first-order valence-corrected chi connectivity index (χ1v) is 10.3. The van der Waals surface area contributed by atoms with Crippen molar-refractivity contribution in [1.82, 2.24) is 29.6 Å². The Morgan fingerprint density at radius 3 is 2.47 bits per heavy atom. The van der Waals surface area contributed by atoms with E-state index in [1.165, 1.54) is 12.7 Å². The van der Waals surface area contributed by atoms with Gasteiger partial charge in [-0.25, -0.2) is 19.6 Å². The van der Waals surface area contributed by atoms with Crippen LogP contribution >= 0.6 is 11.6 Å². The molecule has 2 saturated heterocycles. The molecule has 2 fully saturated rings. The lowest BCUT2D eigenvalue weighted by atomic mass is 9.98. The molecule has 4 heterocycles. The van der Waals surface area contributed by atoms with Gasteiger partial charge >= 0.3 is 0 Å². The van der Waals surface area contributed by atoms with Gasteiger partial charge in [0.1, 0.15) is 24.8 Å². The van der Waals surface area contributed by atoms with E-state index in [4.69, 9.17) is 11.6 Å². The van der Waals surface area contributed by atoms with Crippen LogP contribution in [-0.2, 0) is 4.79 Å². The first-order chi connectivity index (χ1) is 14.7. The second kappa shape index (κ2) is 7.91. The molecule has 2 aromatic heterocycles. The summed E-state index contributed by atoms with van der Waals surface area (Å²) >= 11 is 6.31. The molecule has 0 spiro atoms. The fourth-order valence-electron chi connectivity index (χ4n) is 3.92. The van der Waals surface area contributed by atoms with Gasteiger partial charge in [-0.2, -0.15) is 5.10 Å². The van der Waals surface area contributed by atoms with Crippen molar-refractivity contribution in [2.24, 2.45) is 5.92 Å². The number of amides is 1. The number of carbonyl (C=O) groups is 1. The SMILES string of the molecule is O=C(C1CN(c2cc(-n3cncn3)ncn2)C1)N1CCN(c2ccccc2Cl)CC1. The van der Waals surface area contributed by atoms with Crippen LogP contribution in [0.4, 0.5) is 11.5 Å². The summed E-state index contributed by atoms with van der Waals surface area (Å²) in [5.41, 5.74) is 1.04. The Labute approximate surface area is 178 Å². The highest BCUT2D eigenvalue weighted by Gasteiger charge is 2.37. The molecule has 0 aliphatic carbocycles. The lowest BCUT2D eigenvalue weighted by Crippen LogP contribution is -2.58. The van der Waals surface area contributed by atoms with Crippen LogP contribution in [0.3, 0.4) is 0 Å². The molecule has 0 atom stereocenters. The van der Waals surface area contributed by atoms with Gasteiger partial charge in [-0.3, -0.25) is 4.79 Å². The summed E-state index contributed by atoms with van der Waals surface area (Å²) < 4.78 is 1.59. The van der Waals surface area contributed by atoms with Crippen molar-refractivity contribution in [2.45, 2.75) is 0 Å². The number of para-hydroxylation sites is 1. The minimum Gasteiger partial charge on any atom is -0.367 e. The Bertz CT molecular complexity index is 1030. The fraction of sp³-hybridized carbons (Fsp3) is 0.350. The molecular weight excluding hydrogens is 404 g/mol. The minimum absolute atomic E-state index is 0.00153. The molecule has 0 radical (unpaired) electrons. The van der Waals surface area contributed by atoms with Crippen LogP contribution < -0.4 is 9.80 Å². The van der Waals surface area contributed by atoms with Crippen LogP contribution in [0, 0.1) is 5.92 Å². The number of anilines is 2. The first-order valence-electron chi connectivity index (χ1n) is 9.89. The van der Waals surface area contributed by atoms with E-state index in [1.807, 2.05) is 35.2 Å². The number of hydrogen-bond donors (Lipinski definition) is 0. The molecule has 9 nitrogen and oxygen atoms in total. The van der Waals surface area contributed by atoms with Gasteiger partial charge in [-0.15, -0.1) is 0 Å². The standard InChI is InChI=1S/C20H21ClN8O/c21-16-3-1-2-4-17(16)26-5-7-27(8-6-26)20(30)15-10-28(11-15)18-9-19(24-13-23-18)29-14-22-12-25-29/h1-4,9,12-15H,5-8,10-11H2. The van der Waals surface area contributed by atoms with Crippen molar-refractivity contribution in [3.8, 4) is 5.82 Å². The summed E-state index contributed by atoms with van der Waals surface area (Å²) in [7, 11) is 0. The third kappa shape index (κ3) is 3.56. The third-order valence-corrected chi connectivity index (χ3v) is 5.95.